The molecule has 1 unspecified atom stereocenters. The first-order chi connectivity index (χ1) is 10.3. The van der Waals surface area contributed by atoms with Crippen molar-refractivity contribution >= 4 is 5.69 Å². The van der Waals surface area contributed by atoms with Crippen LogP contribution in [0.5, 0.6) is 0 Å². The van der Waals surface area contributed by atoms with E-state index in [9.17, 15) is 5.11 Å². The smallest absolute Gasteiger partial charge is 0.0790 e. The quantitative estimate of drug-likeness (QED) is 0.674. The first-order valence-corrected chi connectivity index (χ1v) is 7.85. The van der Waals surface area contributed by atoms with Crippen LogP contribution in [0, 0.1) is 0 Å². The first kappa shape index (κ1) is 15.6. The van der Waals surface area contributed by atoms with Crippen molar-refractivity contribution in [1.29, 1.82) is 0 Å². The standard InChI is InChI=1S/C19H25NO/c1-2-3-5-13-19(21)17-11-8-12-18(14-17)20-15-16-9-6-4-7-10-16/h4,6-12,14,19-21H,2-3,5,13,15H2,1H3. The third-order valence-electron chi connectivity index (χ3n) is 3.69. The van der Waals surface area contributed by atoms with Gasteiger partial charge in [-0.05, 0) is 29.7 Å². The molecule has 0 aliphatic carbocycles. The number of benzene rings is 2. The Morgan fingerprint density at radius 3 is 2.57 bits per heavy atom. The Kier molecular flexibility index (Phi) is 6.29. The molecule has 2 aromatic rings. The van der Waals surface area contributed by atoms with Gasteiger partial charge in [0.15, 0.2) is 0 Å². The lowest BCUT2D eigenvalue weighted by Crippen LogP contribution is -2.02. The van der Waals surface area contributed by atoms with Gasteiger partial charge in [-0.2, -0.15) is 0 Å². The van der Waals surface area contributed by atoms with Gasteiger partial charge < -0.3 is 10.4 Å². The van der Waals surface area contributed by atoms with Crippen LogP contribution in [0.3, 0.4) is 0 Å². The van der Waals surface area contributed by atoms with Gasteiger partial charge in [0.25, 0.3) is 0 Å². The van der Waals surface area contributed by atoms with Crippen LogP contribution in [0.2, 0.25) is 0 Å². The number of nitrogens with one attached hydrogen (secondary N) is 1. The van der Waals surface area contributed by atoms with Crippen LogP contribution in [-0.2, 0) is 6.54 Å². The number of aliphatic hydroxyl groups is 1. The van der Waals surface area contributed by atoms with Crippen molar-refractivity contribution in [3.63, 3.8) is 0 Å². The summed E-state index contributed by atoms with van der Waals surface area (Å²) in [6.45, 7) is 2.98. The minimum Gasteiger partial charge on any atom is -0.388 e. The molecule has 2 N–H and O–H groups in total. The summed E-state index contributed by atoms with van der Waals surface area (Å²) in [6.07, 6.45) is 3.94. The number of aliphatic hydroxyl groups excluding tert-OH is 1. The summed E-state index contributed by atoms with van der Waals surface area (Å²) >= 11 is 0. The fourth-order valence-corrected chi connectivity index (χ4v) is 2.41. The molecule has 21 heavy (non-hydrogen) atoms. The molecule has 0 amide bonds. The maximum Gasteiger partial charge on any atom is 0.0790 e. The average molecular weight is 283 g/mol. The summed E-state index contributed by atoms with van der Waals surface area (Å²) in [5.74, 6) is 0. The highest BCUT2D eigenvalue weighted by molar-refractivity contribution is 5.46. The largest absolute Gasteiger partial charge is 0.388 e. The van der Waals surface area contributed by atoms with Crippen molar-refractivity contribution in [1.82, 2.24) is 0 Å². The zero-order valence-corrected chi connectivity index (χ0v) is 12.8. The van der Waals surface area contributed by atoms with E-state index < -0.39 is 0 Å². The Labute approximate surface area is 127 Å². The zero-order chi connectivity index (χ0) is 14.9. The van der Waals surface area contributed by atoms with Crippen LogP contribution in [-0.4, -0.2) is 5.11 Å². The highest BCUT2D eigenvalue weighted by atomic mass is 16.3. The van der Waals surface area contributed by atoms with Crippen molar-refractivity contribution < 1.29 is 5.11 Å². The lowest BCUT2D eigenvalue weighted by molar-refractivity contribution is 0.163. The minimum atomic E-state index is -0.352. The van der Waals surface area contributed by atoms with E-state index in [0.717, 1.165) is 30.6 Å². The van der Waals surface area contributed by atoms with Gasteiger partial charge in [0.1, 0.15) is 0 Å². The molecule has 2 aromatic carbocycles. The Hall–Kier alpha value is -1.80. The van der Waals surface area contributed by atoms with E-state index in [4.69, 9.17) is 0 Å². The van der Waals surface area contributed by atoms with Crippen LogP contribution in [0.15, 0.2) is 54.6 Å². The summed E-state index contributed by atoms with van der Waals surface area (Å²) in [5.41, 5.74) is 3.32. The predicted molar refractivity (Wildman–Crippen MR) is 89.3 cm³/mol. The van der Waals surface area contributed by atoms with Gasteiger partial charge in [-0.3, -0.25) is 0 Å². The molecule has 2 nitrogen and oxygen atoms in total. The Balaban J connectivity index is 1.91. The lowest BCUT2D eigenvalue weighted by Gasteiger charge is -2.13. The number of unbranched alkanes of at least 4 members (excludes halogenated alkanes) is 2. The van der Waals surface area contributed by atoms with Crippen LogP contribution < -0.4 is 5.32 Å². The molecule has 0 saturated heterocycles. The molecule has 0 fully saturated rings. The summed E-state index contributed by atoms with van der Waals surface area (Å²) in [4.78, 5) is 0. The van der Waals surface area contributed by atoms with Crippen molar-refractivity contribution in [3.05, 3.63) is 65.7 Å². The van der Waals surface area contributed by atoms with Gasteiger partial charge in [0.2, 0.25) is 0 Å². The van der Waals surface area contributed by atoms with E-state index in [1.54, 1.807) is 0 Å². The molecule has 0 saturated carbocycles. The molecule has 0 bridgehead atoms. The van der Waals surface area contributed by atoms with Crippen LogP contribution in [0.25, 0.3) is 0 Å². The minimum absolute atomic E-state index is 0.352. The lowest BCUT2D eigenvalue weighted by atomic mass is 10.0. The van der Waals surface area contributed by atoms with E-state index in [1.807, 2.05) is 36.4 Å². The van der Waals surface area contributed by atoms with Gasteiger partial charge in [-0.25, -0.2) is 0 Å². The average Bonchev–Trinajstić information content (AvgIpc) is 2.54. The highest BCUT2D eigenvalue weighted by Crippen LogP contribution is 2.22. The second kappa shape index (κ2) is 8.48. The van der Waals surface area contributed by atoms with Gasteiger partial charge in [0.05, 0.1) is 6.10 Å². The number of hydrogen-bond donors (Lipinski definition) is 2. The third-order valence-corrected chi connectivity index (χ3v) is 3.69. The fourth-order valence-electron chi connectivity index (χ4n) is 2.41. The molecule has 2 rings (SSSR count). The van der Waals surface area contributed by atoms with E-state index in [-0.39, 0.29) is 6.10 Å². The predicted octanol–water partition coefficient (Wildman–Crippen LogP) is 4.91. The molecule has 0 aromatic heterocycles. The van der Waals surface area contributed by atoms with E-state index in [1.165, 1.54) is 18.4 Å². The highest BCUT2D eigenvalue weighted by Gasteiger charge is 2.07. The number of hydrogen-bond acceptors (Lipinski definition) is 2. The molecule has 112 valence electrons. The van der Waals surface area contributed by atoms with Crippen LogP contribution >= 0.6 is 0 Å². The van der Waals surface area contributed by atoms with Crippen molar-refractivity contribution in [2.75, 3.05) is 5.32 Å². The van der Waals surface area contributed by atoms with Gasteiger partial charge >= 0.3 is 0 Å². The van der Waals surface area contributed by atoms with Gasteiger partial charge in [0, 0.05) is 12.2 Å². The number of rotatable bonds is 8. The molecule has 2 heteroatoms. The molecule has 0 heterocycles. The molecule has 0 spiro atoms. The molecule has 1 atom stereocenters. The molecular weight excluding hydrogens is 258 g/mol. The maximum absolute atomic E-state index is 10.2. The fraction of sp³-hybridized carbons (Fsp3) is 0.368. The third kappa shape index (κ3) is 5.24. The second-order valence-corrected chi connectivity index (χ2v) is 5.48. The van der Waals surface area contributed by atoms with E-state index >= 15 is 0 Å². The Bertz CT molecular complexity index is 524. The summed E-state index contributed by atoms with van der Waals surface area (Å²) in [7, 11) is 0. The van der Waals surface area contributed by atoms with E-state index in [2.05, 4.69) is 30.4 Å². The first-order valence-electron chi connectivity index (χ1n) is 7.85. The normalized spacial score (nSPS) is 12.1. The molecule has 0 aliphatic heterocycles. The van der Waals surface area contributed by atoms with Crippen molar-refractivity contribution in [3.8, 4) is 0 Å². The van der Waals surface area contributed by atoms with Crippen LogP contribution in [0.4, 0.5) is 5.69 Å². The van der Waals surface area contributed by atoms with Crippen molar-refractivity contribution in [2.24, 2.45) is 0 Å². The summed E-state index contributed by atoms with van der Waals surface area (Å²) in [6, 6.07) is 18.4. The summed E-state index contributed by atoms with van der Waals surface area (Å²) in [5, 5.41) is 13.6. The zero-order valence-electron chi connectivity index (χ0n) is 12.8. The summed E-state index contributed by atoms with van der Waals surface area (Å²) < 4.78 is 0. The monoisotopic (exact) mass is 283 g/mol. The Morgan fingerprint density at radius 2 is 1.81 bits per heavy atom. The second-order valence-electron chi connectivity index (χ2n) is 5.48. The van der Waals surface area contributed by atoms with Gasteiger partial charge in [-0.1, -0.05) is 68.7 Å². The number of anilines is 1. The molecule has 0 radical (unpaired) electrons. The SMILES string of the molecule is CCCCCC(O)c1cccc(NCc2ccccc2)c1. The molecular formula is C19H25NO. The van der Waals surface area contributed by atoms with Crippen LogP contribution in [0.1, 0.15) is 49.8 Å². The van der Waals surface area contributed by atoms with Gasteiger partial charge in [-0.15, -0.1) is 0 Å². The molecule has 0 aliphatic rings. The topological polar surface area (TPSA) is 32.3 Å². The van der Waals surface area contributed by atoms with Crippen molar-refractivity contribution in [2.45, 2.75) is 45.3 Å². The maximum atomic E-state index is 10.2. The van der Waals surface area contributed by atoms with E-state index in [0.29, 0.717) is 0 Å². The Morgan fingerprint density at radius 1 is 1.00 bits per heavy atom.